The number of carbonyl (C=O) groups excluding carboxylic acids is 2. The van der Waals surface area contributed by atoms with Gasteiger partial charge in [0.2, 0.25) is 5.91 Å². The average Bonchev–Trinajstić information content (AvgIpc) is 3.10. The lowest BCUT2D eigenvalue weighted by Crippen LogP contribution is -2.51. The number of aryl methyl sites for hydroxylation is 2. The molecule has 1 heterocycles. The van der Waals surface area contributed by atoms with Gasteiger partial charge in [0.05, 0.1) is 6.54 Å². The molecule has 1 aromatic rings. The maximum absolute atomic E-state index is 12.8. The van der Waals surface area contributed by atoms with E-state index in [4.69, 9.17) is 0 Å². The number of carbonyl (C=O) groups is 2. The zero-order valence-electron chi connectivity index (χ0n) is 15.5. The van der Waals surface area contributed by atoms with Crippen LogP contribution in [0.5, 0.6) is 0 Å². The molecule has 3 rings (SSSR count). The minimum Gasteiger partial charge on any atom is -0.342 e. The van der Waals surface area contributed by atoms with E-state index >= 15 is 0 Å². The fourth-order valence-corrected chi connectivity index (χ4v) is 3.86. The van der Waals surface area contributed by atoms with Crippen molar-refractivity contribution in [3.63, 3.8) is 0 Å². The fourth-order valence-electron chi connectivity index (χ4n) is 3.86. The highest BCUT2D eigenvalue weighted by atomic mass is 16.2. The molecule has 1 fully saturated rings. The Morgan fingerprint density at radius 3 is 2.36 bits per heavy atom. The molecule has 0 bridgehead atoms. The first-order valence-corrected chi connectivity index (χ1v) is 9.53. The van der Waals surface area contributed by atoms with E-state index in [9.17, 15) is 9.59 Å². The largest absolute Gasteiger partial charge is 0.342 e. The van der Waals surface area contributed by atoms with Gasteiger partial charge >= 0.3 is 0 Å². The van der Waals surface area contributed by atoms with Crippen LogP contribution in [0.15, 0.2) is 18.2 Å². The molecule has 0 N–H and O–H groups in total. The second-order valence-corrected chi connectivity index (χ2v) is 6.97. The van der Waals surface area contributed by atoms with Crippen LogP contribution in [0, 0.1) is 0 Å². The number of rotatable bonds is 5. The molecule has 2 aliphatic rings. The SMILES string of the molecule is CCN(CC)C(=O)CN1CCN(C(=O)c2ccc3c(c2)CCC3)CC1. The summed E-state index contributed by atoms with van der Waals surface area (Å²) < 4.78 is 0. The van der Waals surface area contributed by atoms with Crippen molar-refractivity contribution >= 4 is 11.8 Å². The number of likely N-dealkylation sites (N-methyl/N-ethyl adjacent to an activating group) is 1. The molecule has 5 heteroatoms. The molecule has 1 aliphatic carbocycles. The van der Waals surface area contributed by atoms with Crippen molar-refractivity contribution in [2.45, 2.75) is 33.1 Å². The number of piperazine rings is 1. The molecular weight excluding hydrogens is 314 g/mol. The van der Waals surface area contributed by atoms with Crippen LogP contribution >= 0.6 is 0 Å². The van der Waals surface area contributed by atoms with E-state index in [1.54, 1.807) is 0 Å². The third-order valence-corrected chi connectivity index (χ3v) is 5.48. The molecule has 2 amide bonds. The summed E-state index contributed by atoms with van der Waals surface area (Å²) >= 11 is 0. The monoisotopic (exact) mass is 343 g/mol. The third kappa shape index (κ3) is 4.03. The molecule has 1 aromatic carbocycles. The predicted octanol–water partition coefficient (Wildman–Crippen LogP) is 1.80. The van der Waals surface area contributed by atoms with E-state index in [1.807, 2.05) is 29.7 Å². The van der Waals surface area contributed by atoms with Gasteiger partial charge in [-0.25, -0.2) is 0 Å². The maximum Gasteiger partial charge on any atom is 0.253 e. The Labute approximate surface area is 150 Å². The van der Waals surface area contributed by atoms with Crippen molar-refractivity contribution < 1.29 is 9.59 Å². The highest BCUT2D eigenvalue weighted by molar-refractivity contribution is 5.94. The molecule has 136 valence electrons. The van der Waals surface area contributed by atoms with Gasteiger partial charge in [0, 0.05) is 44.8 Å². The first-order chi connectivity index (χ1) is 12.1. The third-order valence-electron chi connectivity index (χ3n) is 5.48. The Bertz CT molecular complexity index is 632. The number of hydrogen-bond acceptors (Lipinski definition) is 3. The molecule has 0 radical (unpaired) electrons. The van der Waals surface area contributed by atoms with Gasteiger partial charge in [-0.2, -0.15) is 0 Å². The first kappa shape index (κ1) is 17.9. The standard InChI is InChI=1S/C20H29N3O2/c1-3-22(4-2)19(24)15-21-10-12-23(13-11-21)20(25)18-9-8-16-6-5-7-17(16)14-18/h8-9,14H,3-7,10-13,15H2,1-2H3. The van der Waals surface area contributed by atoms with E-state index in [0.717, 1.165) is 44.6 Å². The lowest BCUT2D eigenvalue weighted by atomic mass is 10.1. The van der Waals surface area contributed by atoms with Crippen molar-refractivity contribution in [2.75, 3.05) is 45.8 Å². The Morgan fingerprint density at radius 1 is 1.00 bits per heavy atom. The Kier molecular flexibility index (Phi) is 5.74. The van der Waals surface area contributed by atoms with E-state index in [1.165, 1.54) is 17.5 Å². The molecule has 0 spiro atoms. The van der Waals surface area contributed by atoms with Gasteiger partial charge in [-0.1, -0.05) is 6.07 Å². The molecule has 1 saturated heterocycles. The summed E-state index contributed by atoms with van der Waals surface area (Å²) in [4.78, 5) is 30.9. The summed E-state index contributed by atoms with van der Waals surface area (Å²) in [5.41, 5.74) is 3.55. The van der Waals surface area contributed by atoms with Crippen LogP contribution in [0.2, 0.25) is 0 Å². The zero-order valence-corrected chi connectivity index (χ0v) is 15.5. The van der Waals surface area contributed by atoms with E-state index in [-0.39, 0.29) is 11.8 Å². The molecule has 5 nitrogen and oxygen atoms in total. The number of amides is 2. The van der Waals surface area contributed by atoms with Gasteiger partial charge in [0.1, 0.15) is 0 Å². The molecule has 0 atom stereocenters. The number of hydrogen-bond donors (Lipinski definition) is 0. The Balaban J connectivity index is 1.53. The quantitative estimate of drug-likeness (QED) is 0.819. The smallest absolute Gasteiger partial charge is 0.253 e. The van der Waals surface area contributed by atoms with Gasteiger partial charge in [-0.3, -0.25) is 14.5 Å². The normalized spacial score (nSPS) is 17.4. The molecule has 1 aliphatic heterocycles. The first-order valence-electron chi connectivity index (χ1n) is 9.53. The lowest BCUT2D eigenvalue weighted by molar-refractivity contribution is -0.132. The van der Waals surface area contributed by atoms with E-state index < -0.39 is 0 Å². The summed E-state index contributed by atoms with van der Waals surface area (Å²) in [5.74, 6) is 0.313. The Hall–Kier alpha value is -1.88. The van der Waals surface area contributed by atoms with Crippen molar-refractivity contribution in [3.8, 4) is 0 Å². The van der Waals surface area contributed by atoms with Gasteiger partial charge in [0.25, 0.3) is 5.91 Å². The highest BCUT2D eigenvalue weighted by Gasteiger charge is 2.25. The van der Waals surface area contributed by atoms with Crippen LogP contribution in [0.3, 0.4) is 0 Å². The van der Waals surface area contributed by atoms with Crippen molar-refractivity contribution in [1.29, 1.82) is 0 Å². The summed E-state index contributed by atoms with van der Waals surface area (Å²) in [6.45, 7) is 8.92. The predicted molar refractivity (Wildman–Crippen MR) is 98.7 cm³/mol. The number of benzene rings is 1. The Morgan fingerprint density at radius 2 is 1.68 bits per heavy atom. The number of fused-ring (bicyclic) bond motifs is 1. The molecule has 0 aromatic heterocycles. The second-order valence-electron chi connectivity index (χ2n) is 6.97. The fraction of sp³-hybridized carbons (Fsp3) is 0.600. The van der Waals surface area contributed by atoms with E-state index in [2.05, 4.69) is 17.0 Å². The average molecular weight is 343 g/mol. The summed E-state index contributed by atoms with van der Waals surface area (Å²) in [6.07, 6.45) is 3.44. The van der Waals surface area contributed by atoms with Gasteiger partial charge in [0.15, 0.2) is 0 Å². The van der Waals surface area contributed by atoms with Crippen molar-refractivity contribution in [3.05, 3.63) is 34.9 Å². The minimum absolute atomic E-state index is 0.129. The summed E-state index contributed by atoms with van der Waals surface area (Å²) in [6, 6.07) is 6.18. The summed E-state index contributed by atoms with van der Waals surface area (Å²) in [5, 5.41) is 0. The number of nitrogens with zero attached hydrogens (tertiary/aromatic N) is 3. The second kappa shape index (κ2) is 8.00. The van der Waals surface area contributed by atoms with Gasteiger partial charge < -0.3 is 9.80 Å². The van der Waals surface area contributed by atoms with Crippen LogP contribution in [0.4, 0.5) is 0 Å². The maximum atomic E-state index is 12.8. The molecule has 25 heavy (non-hydrogen) atoms. The topological polar surface area (TPSA) is 43.9 Å². The highest BCUT2D eigenvalue weighted by Crippen LogP contribution is 2.23. The summed E-state index contributed by atoms with van der Waals surface area (Å²) in [7, 11) is 0. The van der Waals surface area contributed by atoms with Gasteiger partial charge in [-0.05, 0) is 56.4 Å². The molecular formula is C20H29N3O2. The van der Waals surface area contributed by atoms with E-state index in [0.29, 0.717) is 19.6 Å². The van der Waals surface area contributed by atoms with Crippen molar-refractivity contribution in [1.82, 2.24) is 14.7 Å². The molecule has 0 unspecified atom stereocenters. The minimum atomic E-state index is 0.129. The lowest BCUT2D eigenvalue weighted by Gasteiger charge is -2.35. The van der Waals surface area contributed by atoms with Crippen LogP contribution < -0.4 is 0 Å². The van der Waals surface area contributed by atoms with Gasteiger partial charge in [-0.15, -0.1) is 0 Å². The van der Waals surface area contributed by atoms with Crippen LogP contribution in [0.1, 0.15) is 41.8 Å². The zero-order chi connectivity index (χ0) is 17.8. The van der Waals surface area contributed by atoms with Crippen LogP contribution in [-0.4, -0.2) is 72.3 Å². The van der Waals surface area contributed by atoms with Crippen LogP contribution in [0.25, 0.3) is 0 Å². The van der Waals surface area contributed by atoms with Crippen molar-refractivity contribution in [2.24, 2.45) is 0 Å². The molecule has 0 saturated carbocycles. The van der Waals surface area contributed by atoms with Crippen LogP contribution in [-0.2, 0) is 17.6 Å².